The maximum Gasteiger partial charge on any atom is 0.222 e. The van der Waals surface area contributed by atoms with E-state index in [1.165, 1.54) is 5.56 Å². The van der Waals surface area contributed by atoms with Gasteiger partial charge in [0.05, 0.1) is 5.69 Å². The SMILES string of the molecule is CCN(CCc1ccncc1)C(=O)CCc1ccc(O)c(N)c1. The van der Waals surface area contributed by atoms with Crippen molar-refractivity contribution in [1.82, 2.24) is 9.88 Å². The van der Waals surface area contributed by atoms with E-state index in [1.54, 1.807) is 30.6 Å². The summed E-state index contributed by atoms with van der Waals surface area (Å²) in [7, 11) is 0. The minimum Gasteiger partial charge on any atom is -0.506 e. The van der Waals surface area contributed by atoms with Crippen molar-refractivity contribution in [1.29, 1.82) is 0 Å². The molecule has 3 N–H and O–H groups in total. The average Bonchev–Trinajstić information content (AvgIpc) is 2.57. The Kier molecular flexibility index (Phi) is 5.97. The first-order valence-corrected chi connectivity index (χ1v) is 7.84. The Hall–Kier alpha value is -2.56. The fourth-order valence-electron chi connectivity index (χ4n) is 2.44. The predicted octanol–water partition coefficient (Wildman–Crippen LogP) is 2.39. The number of nitrogens with two attached hydrogens (primary N) is 1. The normalized spacial score (nSPS) is 10.5. The summed E-state index contributed by atoms with van der Waals surface area (Å²) in [5.41, 5.74) is 8.16. The number of aryl methyl sites for hydroxylation is 1. The molecule has 2 rings (SSSR count). The number of phenolic OH excluding ortho intramolecular Hbond substituents is 1. The molecule has 5 nitrogen and oxygen atoms in total. The molecule has 5 heteroatoms. The summed E-state index contributed by atoms with van der Waals surface area (Å²) < 4.78 is 0. The number of aromatic hydroxyl groups is 1. The minimum atomic E-state index is 0.0765. The molecule has 0 fully saturated rings. The van der Waals surface area contributed by atoms with Crippen molar-refractivity contribution in [3.63, 3.8) is 0 Å². The molecule has 122 valence electrons. The number of benzene rings is 1. The molecule has 0 bridgehead atoms. The summed E-state index contributed by atoms with van der Waals surface area (Å²) in [6.07, 6.45) is 5.42. The number of carbonyl (C=O) groups excluding carboxylic acids is 1. The number of hydrogen-bond acceptors (Lipinski definition) is 4. The van der Waals surface area contributed by atoms with E-state index in [0.717, 1.165) is 12.0 Å². The van der Waals surface area contributed by atoms with Crippen LogP contribution >= 0.6 is 0 Å². The first kappa shape index (κ1) is 16.8. The van der Waals surface area contributed by atoms with E-state index < -0.39 is 0 Å². The van der Waals surface area contributed by atoms with Gasteiger partial charge in [0, 0.05) is 31.9 Å². The molecule has 0 unspecified atom stereocenters. The van der Waals surface area contributed by atoms with Crippen LogP contribution in [-0.4, -0.2) is 34.0 Å². The fourth-order valence-corrected chi connectivity index (χ4v) is 2.44. The Balaban J connectivity index is 1.85. The highest BCUT2D eigenvalue weighted by Crippen LogP contribution is 2.21. The van der Waals surface area contributed by atoms with Crippen molar-refractivity contribution in [3.8, 4) is 5.75 Å². The molecule has 0 atom stereocenters. The first-order chi connectivity index (χ1) is 11.1. The van der Waals surface area contributed by atoms with Crippen molar-refractivity contribution in [2.24, 2.45) is 0 Å². The quantitative estimate of drug-likeness (QED) is 0.607. The lowest BCUT2D eigenvalue weighted by atomic mass is 10.1. The van der Waals surface area contributed by atoms with Crippen LogP contribution in [0.4, 0.5) is 5.69 Å². The first-order valence-electron chi connectivity index (χ1n) is 7.84. The van der Waals surface area contributed by atoms with Gasteiger partial charge in [-0.25, -0.2) is 0 Å². The Morgan fingerprint density at radius 3 is 2.57 bits per heavy atom. The van der Waals surface area contributed by atoms with Crippen LogP contribution in [0.1, 0.15) is 24.5 Å². The number of rotatable bonds is 7. The molecule has 1 aromatic carbocycles. The zero-order chi connectivity index (χ0) is 16.7. The standard InChI is InChI=1S/C18H23N3O2/c1-2-21(12-9-14-7-10-20-11-8-14)18(23)6-4-15-3-5-17(22)16(19)13-15/h3,5,7-8,10-11,13,22H,2,4,6,9,12,19H2,1H3. The highest BCUT2D eigenvalue weighted by Gasteiger charge is 2.12. The Morgan fingerprint density at radius 1 is 1.17 bits per heavy atom. The van der Waals surface area contributed by atoms with Gasteiger partial charge in [-0.2, -0.15) is 0 Å². The van der Waals surface area contributed by atoms with Gasteiger partial charge in [-0.05, 0) is 55.2 Å². The summed E-state index contributed by atoms with van der Waals surface area (Å²) in [6, 6.07) is 9.02. The number of anilines is 1. The molecule has 0 aliphatic rings. The summed E-state index contributed by atoms with van der Waals surface area (Å²) in [4.78, 5) is 18.2. The van der Waals surface area contributed by atoms with Crippen molar-refractivity contribution in [2.45, 2.75) is 26.2 Å². The van der Waals surface area contributed by atoms with Crippen LogP contribution in [0.15, 0.2) is 42.7 Å². The van der Waals surface area contributed by atoms with Gasteiger partial charge in [0.25, 0.3) is 0 Å². The van der Waals surface area contributed by atoms with Gasteiger partial charge in [0.15, 0.2) is 0 Å². The molecule has 1 aromatic heterocycles. The number of nitrogen functional groups attached to an aromatic ring is 1. The van der Waals surface area contributed by atoms with Crippen LogP contribution in [-0.2, 0) is 17.6 Å². The van der Waals surface area contributed by atoms with Gasteiger partial charge < -0.3 is 15.7 Å². The van der Waals surface area contributed by atoms with Gasteiger partial charge in [0.1, 0.15) is 5.75 Å². The van der Waals surface area contributed by atoms with Gasteiger partial charge in [-0.15, -0.1) is 0 Å². The molecule has 0 saturated heterocycles. The van der Waals surface area contributed by atoms with E-state index in [2.05, 4.69) is 4.98 Å². The van der Waals surface area contributed by atoms with Gasteiger partial charge in [-0.1, -0.05) is 6.07 Å². The van der Waals surface area contributed by atoms with Crippen LogP contribution in [0.25, 0.3) is 0 Å². The van der Waals surface area contributed by atoms with Gasteiger partial charge in [-0.3, -0.25) is 9.78 Å². The van der Waals surface area contributed by atoms with E-state index in [-0.39, 0.29) is 11.7 Å². The van der Waals surface area contributed by atoms with Crippen molar-refractivity contribution in [2.75, 3.05) is 18.8 Å². The number of aromatic nitrogens is 1. The molecular weight excluding hydrogens is 290 g/mol. The summed E-state index contributed by atoms with van der Waals surface area (Å²) >= 11 is 0. The van der Waals surface area contributed by atoms with Crippen LogP contribution in [0.3, 0.4) is 0 Å². The summed E-state index contributed by atoms with van der Waals surface area (Å²) in [6.45, 7) is 3.39. The zero-order valence-corrected chi connectivity index (χ0v) is 13.4. The fraction of sp³-hybridized carbons (Fsp3) is 0.333. The highest BCUT2D eigenvalue weighted by molar-refractivity contribution is 5.76. The van der Waals surface area contributed by atoms with Crippen molar-refractivity contribution >= 4 is 11.6 Å². The molecule has 0 saturated carbocycles. The second kappa shape index (κ2) is 8.17. The lowest BCUT2D eigenvalue weighted by molar-refractivity contribution is -0.130. The highest BCUT2D eigenvalue weighted by atomic mass is 16.3. The number of likely N-dealkylation sites (N-methyl/N-ethyl adjacent to an activating group) is 1. The van der Waals surface area contributed by atoms with E-state index in [1.807, 2.05) is 24.0 Å². The maximum absolute atomic E-state index is 12.4. The Bertz CT molecular complexity index is 644. The van der Waals surface area contributed by atoms with E-state index in [9.17, 15) is 9.90 Å². The molecule has 23 heavy (non-hydrogen) atoms. The molecule has 1 heterocycles. The number of phenols is 1. The van der Waals surface area contributed by atoms with Crippen LogP contribution in [0, 0.1) is 0 Å². The van der Waals surface area contributed by atoms with Crippen LogP contribution in [0.2, 0.25) is 0 Å². The number of hydrogen-bond donors (Lipinski definition) is 2. The van der Waals surface area contributed by atoms with E-state index in [0.29, 0.717) is 31.6 Å². The monoisotopic (exact) mass is 313 g/mol. The lowest BCUT2D eigenvalue weighted by Crippen LogP contribution is -2.32. The number of nitrogens with zero attached hydrogens (tertiary/aromatic N) is 2. The second-order valence-corrected chi connectivity index (χ2v) is 5.47. The van der Waals surface area contributed by atoms with E-state index in [4.69, 9.17) is 5.73 Å². The van der Waals surface area contributed by atoms with Crippen molar-refractivity contribution < 1.29 is 9.90 Å². The largest absolute Gasteiger partial charge is 0.506 e. The molecule has 1 amide bonds. The molecule has 0 aliphatic carbocycles. The maximum atomic E-state index is 12.4. The third-order valence-electron chi connectivity index (χ3n) is 3.87. The third kappa shape index (κ3) is 4.98. The summed E-state index contributed by atoms with van der Waals surface area (Å²) in [5, 5.41) is 9.42. The Labute approximate surface area is 136 Å². The minimum absolute atomic E-state index is 0.0765. The second-order valence-electron chi connectivity index (χ2n) is 5.47. The third-order valence-corrected chi connectivity index (χ3v) is 3.87. The zero-order valence-electron chi connectivity index (χ0n) is 13.4. The molecule has 0 spiro atoms. The molecule has 0 aliphatic heterocycles. The van der Waals surface area contributed by atoms with Crippen LogP contribution < -0.4 is 5.73 Å². The molecule has 0 radical (unpaired) electrons. The lowest BCUT2D eigenvalue weighted by Gasteiger charge is -2.21. The van der Waals surface area contributed by atoms with E-state index >= 15 is 0 Å². The van der Waals surface area contributed by atoms with Crippen molar-refractivity contribution in [3.05, 3.63) is 53.9 Å². The van der Waals surface area contributed by atoms with Crippen LogP contribution in [0.5, 0.6) is 5.75 Å². The topological polar surface area (TPSA) is 79.5 Å². The number of carbonyl (C=O) groups is 1. The number of pyridine rings is 1. The predicted molar refractivity (Wildman–Crippen MR) is 91.0 cm³/mol. The number of amides is 1. The van der Waals surface area contributed by atoms with Gasteiger partial charge >= 0.3 is 0 Å². The Morgan fingerprint density at radius 2 is 1.91 bits per heavy atom. The smallest absolute Gasteiger partial charge is 0.222 e. The average molecular weight is 313 g/mol. The molecule has 2 aromatic rings. The summed E-state index contributed by atoms with van der Waals surface area (Å²) in [5.74, 6) is 0.209. The molecular formula is C18H23N3O2. The van der Waals surface area contributed by atoms with Gasteiger partial charge in [0.2, 0.25) is 5.91 Å².